The molecule has 1 heterocycles. The average molecular weight is 408 g/mol. The third-order valence-corrected chi connectivity index (χ3v) is 5.31. The lowest BCUT2D eigenvalue weighted by atomic mass is 10.2. The summed E-state index contributed by atoms with van der Waals surface area (Å²) in [4.78, 5) is 40.7. The van der Waals surface area contributed by atoms with Gasteiger partial charge in [0.2, 0.25) is 0 Å². The maximum absolute atomic E-state index is 12.4. The van der Waals surface area contributed by atoms with Gasteiger partial charge in [-0.2, -0.15) is 0 Å². The normalized spacial score (nSPS) is 14.3. The van der Waals surface area contributed by atoms with Crippen molar-refractivity contribution in [2.24, 2.45) is 0 Å². The Hall–Kier alpha value is -2.45. The van der Waals surface area contributed by atoms with E-state index in [1.54, 1.807) is 19.1 Å². The summed E-state index contributed by atoms with van der Waals surface area (Å²) in [7, 11) is 0. The van der Waals surface area contributed by atoms with Crippen molar-refractivity contribution in [1.82, 2.24) is 15.6 Å². The number of amides is 3. The van der Waals surface area contributed by atoms with Crippen LogP contribution >= 0.6 is 22.9 Å². The molecule has 27 heavy (non-hydrogen) atoms. The van der Waals surface area contributed by atoms with Gasteiger partial charge < -0.3 is 10.1 Å². The van der Waals surface area contributed by atoms with Gasteiger partial charge in [0, 0.05) is 16.6 Å². The summed E-state index contributed by atoms with van der Waals surface area (Å²) < 4.78 is 5.19. The second-order valence-corrected chi connectivity index (χ2v) is 7.66. The Labute approximate surface area is 165 Å². The predicted molar refractivity (Wildman–Crippen MR) is 102 cm³/mol. The number of carbonyl (C=O) groups is 3. The third kappa shape index (κ3) is 5.05. The maximum atomic E-state index is 12.4. The van der Waals surface area contributed by atoms with Crippen LogP contribution in [-0.4, -0.2) is 35.0 Å². The number of urea groups is 1. The molecule has 3 amide bonds. The number of aryl methyl sites for hydroxylation is 1. The standard InChI is InChI=1S/C18H18ClN3O4S/c1-9-14(27-16(20-9)11-3-5-12(19)6-4-11)17(24)26-10(2)15(23)22-18(25)21-13-7-8-13/h3-6,10,13H,7-8H2,1-2H3,(H2,21,22,23,25). The number of halogens is 1. The van der Waals surface area contributed by atoms with Gasteiger partial charge in [0.15, 0.2) is 6.10 Å². The van der Waals surface area contributed by atoms with E-state index in [-0.39, 0.29) is 6.04 Å². The molecule has 1 atom stereocenters. The van der Waals surface area contributed by atoms with Crippen LogP contribution in [0.5, 0.6) is 0 Å². The van der Waals surface area contributed by atoms with Crippen LogP contribution in [0.3, 0.4) is 0 Å². The first-order chi connectivity index (χ1) is 12.8. The molecular weight excluding hydrogens is 390 g/mol. The fraction of sp³-hybridized carbons (Fsp3) is 0.333. The molecule has 2 aromatic rings. The Balaban J connectivity index is 1.62. The van der Waals surface area contributed by atoms with Gasteiger partial charge in [0.25, 0.3) is 5.91 Å². The largest absolute Gasteiger partial charge is 0.448 e. The lowest BCUT2D eigenvalue weighted by Crippen LogP contribution is -2.45. The molecule has 1 fully saturated rings. The number of aromatic nitrogens is 1. The van der Waals surface area contributed by atoms with Crippen molar-refractivity contribution in [3.63, 3.8) is 0 Å². The summed E-state index contributed by atoms with van der Waals surface area (Å²) in [6.45, 7) is 3.11. The van der Waals surface area contributed by atoms with Crippen LogP contribution in [0.15, 0.2) is 24.3 Å². The Morgan fingerprint density at radius 1 is 1.26 bits per heavy atom. The Morgan fingerprint density at radius 3 is 2.56 bits per heavy atom. The van der Waals surface area contributed by atoms with Crippen LogP contribution < -0.4 is 10.6 Å². The summed E-state index contributed by atoms with van der Waals surface area (Å²) in [5.41, 5.74) is 1.34. The molecule has 0 spiro atoms. The molecule has 9 heteroatoms. The van der Waals surface area contributed by atoms with Gasteiger partial charge in [-0.05, 0) is 38.8 Å². The highest BCUT2D eigenvalue weighted by Gasteiger charge is 2.27. The molecule has 1 unspecified atom stereocenters. The fourth-order valence-corrected chi connectivity index (χ4v) is 3.31. The monoisotopic (exact) mass is 407 g/mol. The molecule has 0 radical (unpaired) electrons. The smallest absolute Gasteiger partial charge is 0.351 e. The molecule has 7 nitrogen and oxygen atoms in total. The maximum Gasteiger partial charge on any atom is 0.351 e. The summed E-state index contributed by atoms with van der Waals surface area (Å²) in [5, 5.41) is 6.06. The van der Waals surface area contributed by atoms with E-state index in [1.807, 2.05) is 12.1 Å². The van der Waals surface area contributed by atoms with Crippen molar-refractivity contribution < 1.29 is 19.1 Å². The van der Waals surface area contributed by atoms with Crippen LogP contribution in [0.2, 0.25) is 5.02 Å². The first kappa shape index (κ1) is 19.3. The van der Waals surface area contributed by atoms with Crippen molar-refractivity contribution in [1.29, 1.82) is 0 Å². The summed E-state index contributed by atoms with van der Waals surface area (Å²) in [6, 6.07) is 6.65. The zero-order valence-electron chi connectivity index (χ0n) is 14.7. The number of hydrogen-bond acceptors (Lipinski definition) is 6. The van der Waals surface area contributed by atoms with Gasteiger partial charge in [-0.1, -0.05) is 23.7 Å². The minimum atomic E-state index is -1.11. The quantitative estimate of drug-likeness (QED) is 0.741. The highest BCUT2D eigenvalue weighted by Crippen LogP contribution is 2.29. The number of benzene rings is 1. The van der Waals surface area contributed by atoms with Crippen LogP contribution in [0.4, 0.5) is 4.79 Å². The molecule has 1 saturated carbocycles. The van der Waals surface area contributed by atoms with Crippen molar-refractivity contribution >= 4 is 40.8 Å². The Bertz CT molecular complexity index is 877. The SMILES string of the molecule is Cc1nc(-c2ccc(Cl)cc2)sc1C(=O)OC(C)C(=O)NC(=O)NC1CC1. The molecular formula is C18H18ClN3O4S. The van der Waals surface area contributed by atoms with E-state index < -0.39 is 24.0 Å². The van der Waals surface area contributed by atoms with Crippen molar-refractivity contribution in [3.8, 4) is 10.6 Å². The number of nitrogens with zero attached hydrogens (tertiary/aromatic N) is 1. The van der Waals surface area contributed by atoms with Gasteiger partial charge in [-0.3, -0.25) is 10.1 Å². The molecule has 0 saturated heterocycles. The van der Waals surface area contributed by atoms with E-state index >= 15 is 0 Å². The lowest BCUT2D eigenvalue weighted by molar-refractivity contribution is -0.127. The molecule has 1 aliphatic rings. The average Bonchev–Trinajstić information content (AvgIpc) is 3.34. The first-order valence-electron chi connectivity index (χ1n) is 8.39. The summed E-state index contributed by atoms with van der Waals surface area (Å²) in [5.74, 6) is -1.34. The molecule has 2 N–H and O–H groups in total. The van der Waals surface area contributed by atoms with E-state index in [2.05, 4.69) is 15.6 Å². The number of thiazole rings is 1. The Morgan fingerprint density at radius 2 is 1.93 bits per heavy atom. The van der Waals surface area contributed by atoms with Gasteiger partial charge in [0.1, 0.15) is 9.88 Å². The molecule has 3 rings (SSSR count). The lowest BCUT2D eigenvalue weighted by Gasteiger charge is -2.12. The zero-order chi connectivity index (χ0) is 19.6. The number of imide groups is 1. The second-order valence-electron chi connectivity index (χ2n) is 6.22. The number of rotatable bonds is 5. The predicted octanol–water partition coefficient (Wildman–Crippen LogP) is 3.31. The highest BCUT2D eigenvalue weighted by molar-refractivity contribution is 7.17. The molecule has 1 aromatic carbocycles. The second kappa shape index (κ2) is 8.06. The van der Waals surface area contributed by atoms with Crippen molar-refractivity contribution in [3.05, 3.63) is 39.9 Å². The van der Waals surface area contributed by atoms with Gasteiger partial charge in [-0.15, -0.1) is 11.3 Å². The van der Waals surface area contributed by atoms with E-state index in [9.17, 15) is 14.4 Å². The van der Waals surface area contributed by atoms with Crippen molar-refractivity contribution in [2.45, 2.75) is 38.8 Å². The number of carbonyl (C=O) groups excluding carboxylic acids is 3. The third-order valence-electron chi connectivity index (χ3n) is 3.88. The zero-order valence-corrected chi connectivity index (χ0v) is 16.3. The fourth-order valence-electron chi connectivity index (χ4n) is 2.23. The van der Waals surface area contributed by atoms with Gasteiger partial charge in [0.05, 0.1) is 5.69 Å². The topological polar surface area (TPSA) is 97.4 Å². The van der Waals surface area contributed by atoms with Crippen LogP contribution in [0.25, 0.3) is 10.6 Å². The number of esters is 1. The highest BCUT2D eigenvalue weighted by atomic mass is 35.5. The summed E-state index contributed by atoms with van der Waals surface area (Å²) >= 11 is 7.05. The van der Waals surface area contributed by atoms with E-state index in [0.29, 0.717) is 20.6 Å². The van der Waals surface area contributed by atoms with E-state index in [4.69, 9.17) is 16.3 Å². The van der Waals surface area contributed by atoms with E-state index in [1.165, 1.54) is 18.3 Å². The molecule has 0 bridgehead atoms. The first-order valence-corrected chi connectivity index (χ1v) is 9.58. The number of ether oxygens (including phenoxy) is 1. The molecule has 1 aliphatic carbocycles. The number of hydrogen-bond donors (Lipinski definition) is 2. The minimum Gasteiger partial charge on any atom is -0.448 e. The molecule has 0 aliphatic heterocycles. The number of nitrogens with one attached hydrogen (secondary N) is 2. The molecule has 1 aromatic heterocycles. The van der Waals surface area contributed by atoms with Crippen LogP contribution in [0, 0.1) is 6.92 Å². The van der Waals surface area contributed by atoms with E-state index in [0.717, 1.165) is 18.4 Å². The van der Waals surface area contributed by atoms with Gasteiger partial charge in [-0.25, -0.2) is 14.6 Å². The van der Waals surface area contributed by atoms with Gasteiger partial charge >= 0.3 is 12.0 Å². The minimum absolute atomic E-state index is 0.127. The Kier molecular flexibility index (Phi) is 5.76. The van der Waals surface area contributed by atoms with Crippen LogP contribution in [0.1, 0.15) is 35.1 Å². The van der Waals surface area contributed by atoms with Crippen molar-refractivity contribution in [2.75, 3.05) is 0 Å². The van der Waals surface area contributed by atoms with Crippen LogP contribution in [-0.2, 0) is 9.53 Å². The summed E-state index contributed by atoms with van der Waals surface area (Å²) in [6.07, 6.45) is 0.711. The molecule has 142 valence electrons.